The lowest BCUT2D eigenvalue weighted by atomic mass is 9.97. The van der Waals surface area contributed by atoms with Crippen LogP contribution in [-0.2, 0) is 6.42 Å². The number of anilines is 1. The molecule has 3 aromatic rings. The molecule has 0 amide bonds. The average molecular weight is 400 g/mol. The Hall–Kier alpha value is -1.65. The number of benzene rings is 1. The molecule has 0 saturated carbocycles. The predicted octanol–water partition coefficient (Wildman–Crippen LogP) is 6.65. The second-order valence-corrected chi connectivity index (χ2v) is 8.87. The Balaban J connectivity index is 1.93. The van der Waals surface area contributed by atoms with Gasteiger partial charge in [0.05, 0.1) is 5.39 Å². The van der Waals surface area contributed by atoms with E-state index in [1.807, 2.05) is 0 Å². The third-order valence-electron chi connectivity index (χ3n) is 5.70. The fourth-order valence-electron chi connectivity index (χ4n) is 4.23. The molecule has 0 radical (unpaired) electrons. The lowest BCUT2D eigenvalue weighted by molar-refractivity contribution is 0.448. The molecule has 1 aromatic carbocycles. The van der Waals surface area contributed by atoms with Crippen LogP contribution in [0, 0.1) is 6.92 Å². The lowest BCUT2D eigenvalue weighted by Crippen LogP contribution is -2.39. The van der Waals surface area contributed by atoms with Crippen molar-refractivity contribution in [2.75, 3.05) is 11.4 Å². The van der Waals surface area contributed by atoms with Gasteiger partial charge in [0.2, 0.25) is 5.28 Å². The summed E-state index contributed by atoms with van der Waals surface area (Å²) in [5.74, 6) is 1.02. The van der Waals surface area contributed by atoms with Crippen molar-refractivity contribution in [1.29, 1.82) is 0 Å². The van der Waals surface area contributed by atoms with Crippen molar-refractivity contribution in [3.05, 3.63) is 40.0 Å². The van der Waals surface area contributed by atoms with Crippen molar-refractivity contribution in [1.82, 2.24) is 9.97 Å². The smallest absolute Gasteiger partial charge is 0.225 e. The van der Waals surface area contributed by atoms with Crippen LogP contribution in [0.2, 0.25) is 5.28 Å². The number of hydrogen-bond donors (Lipinski definition) is 0. The van der Waals surface area contributed by atoms with E-state index in [0.29, 0.717) is 11.3 Å². The number of nitrogens with zero attached hydrogens (tertiary/aromatic N) is 3. The molecule has 1 aliphatic rings. The molecule has 4 rings (SSSR count). The van der Waals surface area contributed by atoms with E-state index in [0.717, 1.165) is 30.0 Å². The Kier molecular flexibility index (Phi) is 5.38. The van der Waals surface area contributed by atoms with Crippen molar-refractivity contribution in [3.8, 4) is 11.1 Å². The Morgan fingerprint density at radius 3 is 2.63 bits per heavy atom. The van der Waals surface area contributed by atoms with Gasteiger partial charge in [0.25, 0.3) is 0 Å². The number of piperidine rings is 1. The molecule has 3 heterocycles. The van der Waals surface area contributed by atoms with E-state index >= 15 is 0 Å². The van der Waals surface area contributed by atoms with Gasteiger partial charge in [-0.05, 0) is 61.8 Å². The van der Waals surface area contributed by atoms with Crippen molar-refractivity contribution < 1.29 is 0 Å². The van der Waals surface area contributed by atoms with Crippen LogP contribution in [0.3, 0.4) is 0 Å². The van der Waals surface area contributed by atoms with E-state index in [9.17, 15) is 0 Å². The van der Waals surface area contributed by atoms with Gasteiger partial charge in [0.1, 0.15) is 10.6 Å². The van der Waals surface area contributed by atoms with Gasteiger partial charge in [0, 0.05) is 23.0 Å². The first-order valence-corrected chi connectivity index (χ1v) is 11.1. The number of halogens is 1. The molecule has 5 heteroatoms. The summed E-state index contributed by atoms with van der Waals surface area (Å²) in [5, 5.41) is 1.53. The van der Waals surface area contributed by atoms with Gasteiger partial charge >= 0.3 is 0 Å². The van der Waals surface area contributed by atoms with Gasteiger partial charge in [-0.15, -0.1) is 11.3 Å². The first kappa shape index (κ1) is 18.7. The molecule has 0 spiro atoms. The van der Waals surface area contributed by atoms with Crippen LogP contribution in [0.15, 0.2) is 24.3 Å². The molecule has 0 aliphatic carbocycles. The van der Waals surface area contributed by atoms with E-state index in [1.54, 1.807) is 11.3 Å². The van der Waals surface area contributed by atoms with Crippen LogP contribution in [-0.4, -0.2) is 22.6 Å². The lowest BCUT2D eigenvalue weighted by Gasteiger charge is -2.36. The zero-order valence-electron chi connectivity index (χ0n) is 16.3. The largest absolute Gasteiger partial charge is 0.353 e. The van der Waals surface area contributed by atoms with Crippen LogP contribution in [0.1, 0.15) is 50.0 Å². The van der Waals surface area contributed by atoms with Gasteiger partial charge < -0.3 is 4.90 Å². The molecular formula is C22H26ClN3S. The summed E-state index contributed by atoms with van der Waals surface area (Å²) < 4.78 is 0. The maximum absolute atomic E-state index is 6.34. The molecule has 0 bridgehead atoms. The Morgan fingerprint density at radius 1 is 1.15 bits per heavy atom. The first-order valence-electron chi connectivity index (χ1n) is 9.95. The Labute approximate surface area is 170 Å². The second-order valence-electron chi connectivity index (χ2n) is 7.33. The van der Waals surface area contributed by atoms with Crippen LogP contribution in [0.5, 0.6) is 0 Å². The third-order valence-corrected chi connectivity index (χ3v) is 6.87. The SMILES string of the molecule is CCc1ccc(-c2c(C)sc3nc(Cl)nc(N4CCCCC4CC)c23)cc1. The fraction of sp³-hybridized carbons (Fsp3) is 0.455. The van der Waals surface area contributed by atoms with E-state index in [1.165, 1.54) is 46.2 Å². The second kappa shape index (κ2) is 7.76. The molecule has 142 valence electrons. The number of aromatic nitrogens is 2. The van der Waals surface area contributed by atoms with E-state index in [-0.39, 0.29) is 0 Å². The number of thiophene rings is 1. The molecule has 27 heavy (non-hydrogen) atoms. The molecule has 1 unspecified atom stereocenters. The maximum atomic E-state index is 6.34. The maximum Gasteiger partial charge on any atom is 0.225 e. The molecule has 0 N–H and O–H groups in total. The molecule has 1 saturated heterocycles. The standard InChI is InChI=1S/C22H26ClN3S/c1-4-15-9-11-16(12-10-15)18-14(3)27-21-19(18)20(24-22(23)25-21)26-13-7-6-8-17(26)5-2/h9-12,17H,4-8,13H2,1-3H3. The number of fused-ring (bicyclic) bond motifs is 1. The number of rotatable bonds is 4. The highest BCUT2D eigenvalue weighted by Gasteiger charge is 2.27. The molecule has 1 aliphatic heterocycles. The minimum atomic E-state index is 0.354. The van der Waals surface area contributed by atoms with Crippen LogP contribution in [0.25, 0.3) is 21.3 Å². The normalized spacial score (nSPS) is 17.6. The summed E-state index contributed by atoms with van der Waals surface area (Å²) in [7, 11) is 0. The fourth-order valence-corrected chi connectivity index (χ4v) is 5.49. The highest BCUT2D eigenvalue weighted by molar-refractivity contribution is 7.19. The van der Waals surface area contributed by atoms with Gasteiger partial charge in [0.15, 0.2) is 0 Å². The van der Waals surface area contributed by atoms with Crippen molar-refractivity contribution in [2.24, 2.45) is 0 Å². The average Bonchev–Trinajstić information content (AvgIpc) is 3.02. The van der Waals surface area contributed by atoms with Gasteiger partial charge in [-0.2, -0.15) is 4.98 Å². The Morgan fingerprint density at radius 2 is 1.93 bits per heavy atom. The van der Waals surface area contributed by atoms with Gasteiger partial charge in [-0.3, -0.25) is 0 Å². The summed E-state index contributed by atoms with van der Waals surface area (Å²) >= 11 is 8.06. The Bertz CT molecular complexity index is 948. The summed E-state index contributed by atoms with van der Waals surface area (Å²) in [4.78, 5) is 14.1. The monoisotopic (exact) mass is 399 g/mol. The van der Waals surface area contributed by atoms with Gasteiger partial charge in [-0.25, -0.2) is 4.98 Å². The summed E-state index contributed by atoms with van der Waals surface area (Å²) in [6, 6.07) is 9.45. The third kappa shape index (κ3) is 3.45. The van der Waals surface area contributed by atoms with E-state index < -0.39 is 0 Å². The van der Waals surface area contributed by atoms with E-state index in [4.69, 9.17) is 16.6 Å². The highest BCUT2D eigenvalue weighted by Crippen LogP contribution is 2.43. The summed E-state index contributed by atoms with van der Waals surface area (Å²) in [5.41, 5.74) is 3.87. The topological polar surface area (TPSA) is 29.0 Å². The van der Waals surface area contributed by atoms with Crippen LogP contribution >= 0.6 is 22.9 Å². The van der Waals surface area contributed by atoms with E-state index in [2.05, 4.69) is 54.9 Å². The molecule has 1 atom stereocenters. The predicted molar refractivity (Wildman–Crippen MR) is 117 cm³/mol. The molecule has 2 aromatic heterocycles. The minimum Gasteiger partial charge on any atom is -0.353 e. The quantitative estimate of drug-likeness (QED) is 0.459. The van der Waals surface area contributed by atoms with Crippen LogP contribution < -0.4 is 4.90 Å². The summed E-state index contributed by atoms with van der Waals surface area (Å²) in [6.45, 7) is 7.69. The van der Waals surface area contributed by atoms with Crippen LogP contribution in [0.4, 0.5) is 5.82 Å². The number of hydrogen-bond acceptors (Lipinski definition) is 4. The zero-order valence-corrected chi connectivity index (χ0v) is 17.8. The van der Waals surface area contributed by atoms with Crippen molar-refractivity contribution in [2.45, 2.75) is 58.9 Å². The minimum absolute atomic E-state index is 0.354. The van der Waals surface area contributed by atoms with Crippen molar-refractivity contribution in [3.63, 3.8) is 0 Å². The zero-order chi connectivity index (χ0) is 19.0. The first-order chi connectivity index (χ1) is 13.1. The molecular weight excluding hydrogens is 374 g/mol. The van der Waals surface area contributed by atoms with Gasteiger partial charge in [-0.1, -0.05) is 38.1 Å². The highest BCUT2D eigenvalue weighted by atomic mass is 35.5. The summed E-state index contributed by atoms with van der Waals surface area (Å²) in [6.07, 6.45) is 5.92. The molecule has 3 nitrogen and oxygen atoms in total. The molecule has 1 fully saturated rings. The number of aryl methyl sites for hydroxylation is 2. The van der Waals surface area contributed by atoms with Crippen molar-refractivity contribution >= 4 is 39.0 Å².